The molecule has 0 amide bonds. The van der Waals surface area contributed by atoms with E-state index in [9.17, 15) is 9.59 Å². The van der Waals surface area contributed by atoms with Crippen molar-refractivity contribution in [3.63, 3.8) is 0 Å². The summed E-state index contributed by atoms with van der Waals surface area (Å²) in [5, 5.41) is 17.5. The van der Waals surface area contributed by atoms with Gasteiger partial charge in [0.2, 0.25) is 0 Å². The molecular formula is C25H43NO4. The van der Waals surface area contributed by atoms with Crippen LogP contribution in [0.3, 0.4) is 0 Å². The first kappa shape index (κ1) is 26.4. The molecule has 0 radical (unpaired) electrons. The van der Waals surface area contributed by atoms with Crippen molar-refractivity contribution in [3.05, 3.63) is 23.8 Å². The fourth-order valence-corrected chi connectivity index (χ4v) is 4.01. The van der Waals surface area contributed by atoms with Crippen molar-refractivity contribution in [3.8, 4) is 0 Å². The fourth-order valence-electron chi connectivity index (χ4n) is 4.01. The Bertz CT molecular complexity index is 563. The van der Waals surface area contributed by atoms with Gasteiger partial charge in [0.1, 0.15) is 0 Å². The van der Waals surface area contributed by atoms with E-state index < -0.39 is 17.4 Å². The summed E-state index contributed by atoms with van der Waals surface area (Å²) in [5.41, 5.74) is -0.949. The zero-order chi connectivity index (χ0) is 22.2. The van der Waals surface area contributed by atoms with Crippen LogP contribution >= 0.6 is 0 Å². The number of allylic oxidation sites excluding steroid dienone is 2. The standard InChI is InChI=1S/C16H33N.C9H10O4/c1-2-3-4-5-6-7-8-9-10-11-14-17-15-12-13-16-17;1-9(8(12)13)4-2-3-6(5-9)7(10)11/h2-16H2,1H3;2-4H,5H2,1H3,(H,10,11)(H,12,13). The Labute approximate surface area is 183 Å². The van der Waals surface area contributed by atoms with E-state index in [1.807, 2.05) is 0 Å². The van der Waals surface area contributed by atoms with Crippen molar-refractivity contribution >= 4 is 11.9 Å². The van der Waals surface area contributed by atoms with Crippen LogP contribution in [-0.2, 0) is 9.59 Å². The van der Waals surface area contributed by atoms with Gasteiger partial charge in [0, 0.05) is 5.57 Å². The van der Waals surface area contributed by atoms with E-state index in [1.165, 1.54) is 122 Å². The van der Waals surface area contributed by atoms with Crippen molar-refractivity contribution in [1.29, 1.82) is 0 Å². The third-order valence-electron chi connectivity index (χ3n) is 6.11. The number of nitrogens with zero attached hydrogens (tertiary/aromatic N) is 1. The summed E-state index contributed by atoms with van der Waals surface area (Å²) >= 11 is 0. The Morgan fingerprint density at radius 1 is 0.933 bits per heavy atom. The molecule has 0 spiro atoms. The quantitative estimate of drug-likeness (QED) is 0.354. The minimum Gasteiger partial charge on any atom is -0.481 e. The number of carboxylic acids is 2. The van der Waals surface area contributed by atoms with Crippen LogP contribution in [0.15, 0.2) is 23.8 Å². The maximum Gasteiger partial charge on any atom is 0.331 e. The van der Waals surface area contributed by atoms with Crippen molar-refractivity contribution in [2.45, 2.75) is 97.3 Å². The molecule has 1 atom stereocenters. The largest absolute Gasteiger partial charge is 0.481 e. The molecule has 0 aromatic carbocycles. The van der Waals surface area contributed by atoms with Gasteiger partial charge in [-0.1, -0.05) is 82.9 Å². The Balaban J connectivity index is 0.000000311. The lowest BCUT2D eigenvalue weighted by Crippen LogP contribution is -2.28. The first-order chi connectivity index (χ1) is 14.4. The van der Waals surface area contributed by atoms with E-state index in [-0.39, 0.29) is 12.0 Å². The molecule has 1 heterocycles. The monoisotopic (exact) mass is 421 g/mol. The smallest absolute Gasteiger partial charge is 0.331 e. The van der Waals surface area contributed by atoms with Gasteiger partial charge in [0.15, 0.2) is 0 Å². The van der Waals surface area contributed by atoms with Crippen LogP contribution in [0.2, 0.25) is 0 Å². The first-order valence-electron chi connectivity index (χ1n) is 12.0. The topological polar surface area (TPSA) is 77.8 Å². The average molecular weight is 422 g/mol. The molecule has 2 rings (SSSR count). The zero-order valence-electron chi connectivity index (χ0n) is 19.2. The molecule has 2 aliphatic rings. The summed E-state index contributed by atoms with van der Waals surface area (Å²) in [6.45, 7) is 7.91. The highest BCUT2D eigenvalue weighted by atomic mass is 16.4. The predicted molar refractivity (Wildman–Crippen MR) is 123 cm³/mol. The van der Waals surface area contributed by atoms with E-state index in [0.29, 0.717) is 0 Å². The average Bonchev–Trinajstić information content (AvgIpc) is 3.23. The number of rotatable bonds is 13. The van der Waals surface area contributed by atoms with Crippen LogP contribution in [0.1, 0.15) is 97.3 Å². The normalized spacial score (nSPS) is 21.1. The minimum absolute atomic E-state index is 0.0359. The number of likely N-dealkylation sites (tertiary alicyclic amines) is 1. The van der Waals surface area contributed by atoms with Crippen molar-refractivity contribution in [2.75, 3.05) is 19.6 Å². The zero-order valence-corrected chi connectivity index (χ0v) is 19.2. The first-order valence-corrected chi connectivity index (χ1v) is 12.0. The maximum absolute atomic E-state index is 10.8. The molecule has 0 bridgehead atoms. The summed E-state index contributed by atoms with van der Waals surface area (Å²) in [6.07, 6.45) is 21.9. The Hall–Kier alpha value is -1.62. The highest BCUT2D eigenvalue weighted by molar-refractivity contribution is 5.90. The third-order valence-corrected chi connectivity index (χ3v) is 6.11. The molecular weight excluding hydrogens is 378 g/mol. The highest BCUT2D eigenvalue weighted by Crippen LogP contribution is 2.31. The van der Waals surface area contributed by atoms with E-state index in [2.05, 4.69) is 11.8 Å². The van der Waals surface area contributed by atoms with Gasteiger partial charge in [0.25, 0.3) is 0 Å². The number of carboxylic acid groups (broad SMARTS) is 2. The van der Waals surface area contributed by atoms with Crippen molar-refractivity contribution in [2.24, 2.45) is 5.41 Å². The Kier molecular flexibility index (Phi) is 13.4. The van der Waals surface area contributed by atoms with Gasteiger partial charge in [-0.25, -0.2) is 4.79 Å². The number of hydrogen-bond acceptors (Lipinski definition) is 3. The lowest BCUT2D eigenvalue weighted by molar-refractivity contribution is -0.145. The molecule has 0 aromatic heterocycles. The molecule has 1 aliphatic carbocycles. The van der Waals surface area contributed by atoms with Gasteiger partial charge in [0.05, 0.1) is 5.41 Å². The molecule has 0 saturated carbocycles. The molecule has 30 heavy (non-hydrogen) atoms. The van der Waals surface area contributed by atoms with Crippen LogP contribution in [0.5, 0.6) is 0 Å². The Morgan fingerprint density at radius 2 is 1.47 bits per heavy atom. The molecule has 1 saturated heterocycles. The second kappa shape index (κ2) is 15.2. The molecule has 1 unspecified atom stereocenters. The van der Waals surface area contributed by atoms with E-state index in [0.717, 1.165) is 0 Å². The van der Waals surface area contributed by atoms with Crippen LogP contribution in [0.4, 0.5) is 0 Å². The second-order valence-electron chi connectivity index (χ2n) is 8.99. The van der Waals surface area contributed by atoms with E-state index in [1.54, 1.807) is 0 Å². The van der Waals surface area contributed by atoms with Gasteiger partial charge in [-0.2, -0.15) is 0 Å². The van der Waals surface area contributed by atoms with Gasteiger partial charge >= 0.3 is 11.9 Å². The van der Waals surface area contributed by atoms with Crippen LogP contribution in [0, 0.1) is 5.41 Å². The highest BCUT2D eigenvalue weighted by Gasteiger charge is 2.34. The van der Waals surface area contributed by atoms with E-state index >= 15 is 0 Å². The third kappa shape index (κ3) is 11.0. The molecule has 5 heteroatoms. The summed E-state index contributed by atoms with van der Waals surface area (Å²) in [5.74, 6) is -2.06. The molecule has 0 aromatic rings. The summed E-state index contributed by atoms with van der Waals surface area (Å²) in [7, 11) is 0. The molecule has 172 valence electrons. The van der Waals surface area contributed by atoms with Crippen LogP contribution in [-0.4, -0.2) is 46.7 Å². The lowest BCUT2D eigenvalue weighted by Gasteiger charge is -2.23. The summed E-state index contributed by atoms with van der Waals surface area (Å²) < 4.78 is 0. The summed E-state index contributed by atoms with van der Waals surface area (Å²) in [6, 6.07) is 0. The SMILES string of the molecule is CC1(C(=O)O)C=CC=C(C(=O)O)C1.CCCCCCCCCCCCN1CCCC1. The second-order valence-corrected chi connectivity index (χ2v) is 8.99. The van der Waals surface area contributed by atoms with Gasteiger partial charge in [-0.15, -0.1) is 0 Å². The minimum atomic E-state index is -1.08. The van der Waals surface area contributed by atoms with Gasteiger partial charge in [-0.05, 0) is 52.2 Å². The molecule has 5 nitrogen and oxygen atoms in total. The van der Waals surface area contributed by atoms with Crippen LogP contribution < -0.4 is 0 Å². The van der Waals surface area contributed by atoms with Crippen molar-refractivity contribution in [1.82, 2.24) is 4.90 Å². The van der Waals surface area contributed by atoms with Gasteiger partial charge in [-0.3, -0.25) is 4.79 Å². The Morgan fingerprint density at radius 3 is 1.97 bits per heavy atom. The molecule has 1 aliphatic heterocycles. The van der Waals surface area contributed by atoms with E-state index in [4.69, 9.17) is 10.2 Å². The number of aliphatic carboxylic acids is 2. The molecule has 1 fully saturated rings. The number of carbonyl (C=O) groups is 2. The predicted octanol–water partition coefficient (Wildman–Crippen LogP) is 6.05. The number of hydrogen-bond donors (Lipinski definition) is 2. The molecule has 2 N–H and O–H groups in total. The fraction of sp³-hybridized carbons (Fsp3) is 0.760. The summed E-state index contributed by atoms with van der Waals surface area (Å²) in [4.78, 5) is 24.0. The maximum atomic E-state index is 10.8. The number of unbranched alkanes of at least 4 members (excludes halogenated alkanes) is 9. The lowest BCUT2D eigenvalue weighted by atomic mass is 9.80. The van der Waals surface area contributed by atoms with Crippen molar-refractivity contribution < 1.29 is 19.8 Å². The van der Waals surface area contributed by atoms with Gasteiger partial charge < -0.3 is 15.1 Å². The van der Waals surface area contributed by atoms with Crippen LogP contribution in [0.25, 0.3) is 0 Å².